The van der Waals surface area contributed by atoms with Gasteiger partial charge in [0, 0.05) is 19.3 Å². The highest BCUT2D eigenvalue weighted by atomic mass is 16.6. The summed E-state index contributed by atoms with van der Waals surface area (Å²) in [5.74, 6) is -1.84. The van der Waals surface area contributed by atoms with Crippen LogP contribution < -0.4 is 5.11 Å². The third-order valence-corrected chi connectivity index (χ3v) is 9.02. The van der Waals surface area contributed by atoms with Crippen LogP contribution in [0.3, 0.4) is 0 Å². The van der Waals surface area contributed by atoms with E-state index in [1.54, 1.807) is 21.1 Å². The summed E-state index contributed by atoms with van der Waals surface area (Å²) in [4.78, 5) is 36.7. The van der Waals surface area contributed by atoms with Gasteiger partial charge in [-0.3, -0.25) is 9.59 Å². The minimum Gasteiger partial charge on any atom is -0.544 e. The van der Waals surface area contributed by atoms with E-state index in [1.807, 2.05) is 0 Å². The number of unbranched alkanes of at least 4 members (excludes halogenated alkanes) is 9. The zero-order chi connectivity index (χ0) is 41.4. The van der Waals surface area contributed by atoms with E-state index in [0.29, 0.717) is 6.42 Å². The quantitative estimate of drug-likeness (QED) is 0.0268. The number of rotatable bonds is 37. The molecule has 0 aliphatic rings. The van der Waals surface area contributed by atoms with Gasteiger partial charge in [0.15, 0.2) is 6.10 Å². The lowest BCUT2D eigenvalue weighted by molar-refractivity contribution is -0.889. The van der Waals surface area contributed by atoms with Crippen LogP contribution in [0, 0.1) is 0 Å². The van der Waals surface area contributed by atoms with E-state index in [0.717, 1.165) is 83.5 Å². The van der Waals surface area contributed by atoms with Gasteiger partial charge >= 0.3 is 11.9 Å². The second-order valence-electron chi connectivity index (χ2n) is 15.2. The van der Waals surface area contributed by atoms with Gasteiger partial charge in [0.1, 0.15) is 12.6 Å². The van der Waals surface area contributed by atoms with Gasteiger partial charge in [0.05, 0.1) is 40.3 Å². The minimum atomic E-state index is -1.14. The first kappa shape index (κ1) is 52.5. The number of nitrogens with zero attached hydrogens (tertiary/aromatic N) is 1. The van der Waals surface area contributed by atoms with E-state index >= 15 is 0 Å². The standard InChI is InChI=1S/C48H79NO7/c1-6-8-10-12-14-16-18-19-20-21-22-23-24-25-26-27-29-31-33-35-37-39-47(51)56-44(42-54-41-40-45(48(52)53)49(3,4)5)43-55-46(50)38-36-34-32-30-28-17-15-13-11-9-7-2/h9,11,14-17,19-20,22-23,25-26,30,32,44-45H,6-8,10,12-13,18,21,24,27-29,31,33-43H2,1-5H3/b11-9+,16-14+,17-15+,20-19+,23-22+,26-25+,32-30+. The van der Waals surface area contributed by atoms with Crippen LogP contribution in [0.5, 0.6) is 0 Å². The number of carbonyl (C=O) groups is 3. The molecule has 8 heteroatoms. The van der Waals surface area contributed by atoms with Crippen LogP contribution in [0.15, 0.2) is 85.1 Å². The van der Waals surface area contributed by atoms with Crippen LogP contribution in [0.25, 0.3) is 0 Å². The first-order chi connectivity index (χ1) is 27.1. The van der Waals surface area contributed by atoms with Gasteiger partial charge < -0.3 is 28.6 Å². The number of esters is 2. The van der Waals surface area contributed by atoms with Gasteiger partial charge in [0.2, 0.25) is 0 Å². The zero-order valence-electron chi connectivity index (χ0n) is 36.0. The zero-order valence-corrected chi connectivity index (χ0v) is 36.0. The molecule has 0 amide bonds. The summed E-state index contributed by atoms with van der Waals surface area (Å²) in [6.45, 7) is 4.41. The molecule has 0 rings (SSSR count). The summed E-state index contributed by atoms with van der Waals surface area (Å²) in [6, 6.07) is -0.740. The Kier molecular flexibility index (Phi) is 36.0. The molecular formula is C48H79NO7. The monoisotopic (exact) mass is 782 g/mol. The second-order valence-corrected chi connectivity index (χ2v) is 15.2. The van der Waals surface area contributed by atoms with Crippen molar-refractivity contribution in [2.75, 3.05) is 41.0 Å². The molecule has 0 aromatic carbocycles. The third-order valence-electron chi connectivity index (χ3n) is 9.02. The Labute approximate surface area is 342 Å². The Bertz CT molecular complexity index is 1190. The maximum absolute atomic E-state index is 12.7. The highest BCUT2D eigenvalue weighted by molar-refractivity contribution is 5.70. The van der Waals surface area contributed by atoms with Crippen LogP contribution in [0.1, 0.15) is 149 Å². The molecular weight excluding hydrogens is 703 g/mol. The van der Waals surface area contributed by atoms with Crippen molar-refractivity contribution < 1.29 is 38.2 Å². The third kappa shape index (κ3) is 36.2. The van der Waals surface area contributed by atoms with Gasteiger partial charge in [-0.1, -0.05) is 131 Å². The van der Waals surface area contributed by atoms with Gasteiger partial charge in [-0.25, -0.2) is 0 Å². The molecule has 0 fully saturated rings. The summed E-state index contributed by atoms with van der Waals surface area (Å²) in [6.07, 6.45) is 49.1. The Morgan fingerprint density at radius 1 is 0.554 bits per heavy atom. The largest absolute Gasteiger partial charge is 0.544 e. The minimum absolute atomic E-state index is 0.0118. The van der Waals surface area contributed by atoms with E-state index in [2.05, 4.69) is 98.9 Å². The lowest BCUT2D eigenvalue weighted by atomic mass is 10.1. The molecule has 2 unspecified atom stereocenters. The first-order valence-corrected chi connectivity index (χ1v) is 21.6. The van der Waals surface area contributed by atoms with Crippen LogP contribution in [0.4, 0.5) is 0 Å². The second kappa shape index (κ2) is 38.4. The molecule has 0 aliphatic heterocycles. The molecule has 0 N–H and O–H groups in total. The van der Waals surface area contributed by atoms with Crippen LogP contribution >= 0.6 is 0 Å². The lowest BCUT2D eigenvalue weighted by Crippen LogP contribution is -2.55. The van der Waals surface area contributed by atoms with Crippen molar-refractivity contribution in [2.45, 2.75) is 161 Å². The molecule has 0 aromatic heterocycles. The molecule has 0 aliphatic carbocycles. The molecule has 0 saturated carbocycles. The molecule has 318 valence electrons. The lowest BCUT2D eigenvalue weighted by Gasteiger charge is -2.34. The average Bonchev–Trinajstić information content (AvgIpc) is 3.15. The number of allylic oxidation sites excluding steroid dienone is 14. The van der Waals surface area contributed by atoms with Crippen LogP contribution in [0.2, 0.25) is 0 Å². The molecule has 0 heterocycles. The van der Waals surface area contributed by atoms with Gasteiger partial charge in [0.25, 0.3) is 0 Å². The Morgan fingerprint density at radius 3 is 1.54 bits per heavy atom. The number of carboxylic acid groups (broad SMARTS) is 1. The molecule has 56 heavy (non-hydrogen) atoms. The van der Waals surface area contributed by atoms with Crippen molar-refractivity contribution in [3.05, 3.63) is 85.1 Å². The fraction of sp³-hybridized carbons (Fsp3) is 0.646. The first-order valence-electron chi connectivity index (χ1n) is 21.6. The molecule has 8 nitrogen and oxygen atoms in total. The molecule has 0 bridgehead atoms. The number of ether oxygens (including phenoxy) is 3. The molecule has 2 atom stereocenters. The average molecular weight is 782 g/mol. The number of carboxylic acids is 1. The Hall–Kier alpha value is -3.49. The van der Waals surface area contributed by atoms with E-state index in [-0.39, 0.29) is 55.5 Å². The molecule has 0 spiro atoms. The number of aliphatic carboxylic acids is 1. The SMILES string of the molecule is CC/C=C/C/C=C/C/C=C/CCCC(=O)OCC(COCCC(C(=O)[O-])[N+](C)(C)C)OC(=O)CCCCCCC/C=C/C/C=C/C/C=C/C/C=C/CCCCC. The topological polar surface area (TPSA) is 102 Å². The summed E-state index contributed by atoms with van der Waals surface area (Å²) < 4.78 is 17.0. The summed E-state index contributed by atoms with van der Waals surface area (Å²) >= 11 is 0. The van der Waals surface area contributed by atoms with Crippen molar-refractivity contribution >= 4 is 17.9 Å². The number of likely N-dealkylation sites (N-methyl/N-ethyl adjacent to an activating group) is 1. The van der Waals surface area contributed by atoms with Crippen LogP contribution in [-0.2, 0) is 28.6 Å². The Morgan fingerprint density at radius 2 is 1.02 bits per heavy atom. The normalized spacial score (nSPS) is 13.8. The fourth-order valence-corrected chi connectivity index (χ4v) is 5.66. The van der Waals surface area contributed by atoms with E-state index < -0.39 is 18.1 Å². The van der Waals surface area contributed by atoms with Crippen molar-refractivity contribution in [3.8, 4) is 0 Å². The molecule has 0 aromatic rings. The highest BCUT2D eigenvalue weighted by Crippen LogP contribution is 2.12. The van der Waals surface area contributed by atoms with E-state index in [1.165, 1.54) is 25.7 Å². The smallest absolute Gasteiger partial charge is 0.306 e. The van der Waals surface area contributed by atoms with Gasteiger partial charge in [-0.05, 0) is 83.5 Å². The predicted molar refractivity (Wildman–Crippen MR) is 231 cm³/mol. The van der Waals surface area contributed by atoms with Crippen molar-refractivity contribution in [3.63, 3.8) is 0 Å². The number of hydrogen-bond donors (Lipinski definition) is 0. The van der Waals surface area contributed by atoms with E-state index in [9.17, 15) is 19.5 Å². The maximum atomic E-state index is 12.7. The fourth-order valence-electron chi connectivity index (χ4n) is 5.66. The number of carbonyl (C=O) groups excluding carboxylic acids is 3. The summed E-state index contributed by atoms with van der Waals surface area (Å²) in [5.41, 5.74) is 0. The van der Waals surface area contributed by atoms with Gasteiger partial charge in [-0.2, -0.15) is 0 Å². The maximum Gasteiger partial charge on any atom is 0.306 e. The summed E-state index contributed by atoms with van der Waals surface area (Å²) in [5, 5.41) is 11.6. The Balaban J connectivity index is 4.42. The van der Waals surface area contributed by atoms with Crippen molar-refractivity contribution in [1.29, 1.82) is 0 Å². The highest BCUT2D eigenvalue weighted by Gasteiger charge is 2.25. The van der Waals surface area contributed by atoms with E-state index in [4.69, 9.17) is 14.2 Å². The summed E-state index contributed by atoms with van der Waals surface area (Å²) in [7, 11) is 5.37. The molecule has 0 saturated heterocycles. The van der Waals surface area contributed by atoms with Crippen molar-refractivity contribution in [1.82, 2.24) is 0 Å². The van der Waals surface area contributed by atoms with Crippen molar-refractivity contribution in [2.24, 2.45) is 0 Å². The van der Waals surface area contributed by atoms with Crippen LogP contribution in [-0.4, -0.2) is 75.5 Å². The predicted octanol–water partition coefficient (Wildman–Crippen LogP) is 10.4. The van der Waals surface area contributed by atoms with Gasteiger partial charge in [-0.15, -0.1) is 0 Å². The molecule has 0 radical (unpaired) electrons. The number of quaternary nitrogens is 1. The number of hydrogen-bond acceptors (Lipinski definition) is 7.